The Hall–Kier alpha value is -1.03. The zero-order chi connectivity index (χ0) is 10.2. The van der Waals surface area contributed by atoms with Crippen LogP contribution in [0.25, 0.3) is 0 Å². The molecular weight excluding hydrogens is 156 g/mol. The standard InChI is InChI=1S/C5H11NO2.C3H7N/c1-5(2,3)8-4(6)7;1-2-3-4/h1-3H3,(H2,6,7);2H,1,3-4H2. The van der Waals surface area contributed by atoms with Gasteiger partial charge in [0.1, 0.15) is 5.60 Å². The number of ether oxygens (including phenoxy) is 1. The topological polar surface area (TPSA) is 78.3 Å². The Balaban J connectivity index is 0. The number of rotatable bonds is 1. The van der Waals surface area contributed by atoms with Crippen molar-refractivity contribution in [2.45, 2.75) is 26.4 Å². The number of nitrogens with two attached hydrogens (primary N) is 2. The number of carbonyl (C=O) groups is 1. The number of carbonyl (C=O) groups excluding carboxylic acids is 1. The van der Waals surface area contributed by atoms with Crippen molar-refractivity contribution >= 4 is 6.09 Å². The summed E-state index contributed by atoms with van der Waals surface area (Å²) in [5, 5.41) is 0. The van der Waals surface area contributed by atoms with E-state index in [0.29, 0.717) is 6.54 Å². The van der Waals surface area contributed by atoms with Crippen molar-refractivity contribution in [2.75, 3.05) is 6.54 Å². The first-order chi connectivity index (χ1) is 5.33. The Bertz CT molecular complexity index is 138. The van der Waals surface area contributed by atoms with Crippen LogP contribution in [0.3, 0.4) is 0 Å². The van der Waals surface area contributed by atoms with E-state index >= 15 is 0 Å². The van der Waals surface area contributed by atoms with Crippen molar-refractivity contribution < 1.29 is 9.53 Å². The molecule has 0 heterocycles. The van der Waals surface area contributed by atoms with Gasteiger partial charge in [0.2, 0.25) is 0 Å². The summed E-state index contributed by atoms with van der Waals surface area (Å²) >= 11 is 0. The first kappa shape index (κ1) is 13.6. The van der Waals surface area contributed by atoms with Gasteiger partial charge >= 0.3 is 6.09 Å². The van der Waals surface area contributed by atoms with Crippen LogP contribution >= 0.6 is 0 Å². The molecule has 0 aliphatic heterocycles. The third-order valence-corrected chi connectivity index (χ3v) is 0.573. The first-order valence-electron chi connectivity index (χ1n) is 3.63. The molecule has 4 N–H and O–H groups in total. The smallest absolute Gasteiger partial charge is 0.405 e. The second-order valence-corrected chi connectivity index (χ2v) is 3.06. The van der Waals surface area contributed by atoms with E-state index < -0.39 is 11.7 Å². The van der Waals surface area contributed by atoms with Crippen molar-refractivity contribution in [1.82, 2.24) is 0 Å². The third-order valence-electron chi connectivity index (χ3n) is 0.573. The lowest BCUT2D eigenvalue weighted by Crippen LogP contribution is -2.27. The van der Waals surface area contributed by atoms with Gasteiger partial charge < -0.3 is 16.2 Å². The van der Waals surface area contributed by atoms with Crippen LogP contribution in [0.5, 0.6) is 0 Å². The molecular formula is C8H18N2O2. The van der Waals surface area contributed by atoms with Crippen molar-refractivity contribution in [1.29, 1.82) is 0 Å². The molecule has 0 aliphatic rings. The highest BCUT2D eigenvalue weighted by Crippen LogP contribution is 2.04. The minimum absolute atomic E-state index is 0.453. The maximum Gasteiger partial charge on any atom is 0.405 e. The van der Waals surface area contributed by atoms with Gasteiger partial charge in [-0.05, 0) is 20.8 Å². The first-order valence-corrected chi connectivity index (χ1v) is 3.63. The average molecular weight is 174 g/mol. The molecule has 12 heavy (non-hydrogen) atoms. The molecule has 0 saturated carbocycles. The molecule has 1 amide bonds. The fourth-order valence-electron chi connectivity index (χ4n) is 0.302. The van der Waals surface area contributed by atoms with Gasteiger partial charge in [0.05, 0.1) is 0 Å². The second-order valence-electron chi connectivity index (χ2n) is 3.06. The molecule has 0 aromatic heterocycles. The van der Waals surface area contributed by atoms with Crippen molar-refractivity contribution in [3.63, 3.8) is 0 Å². The molecule has 72 valence electrons. The highest BCUT2D eigenvalue weighted by atomic mass is 16.6. The minimum atomic E-state index is -0.725. The lowest BCUT2D eigenvalue weighted by molar-refractivity contribution is 0.0600. The Morgan fingerprint density at radius 1 is 1.58 bits per heavy atom. The van der Waals surface area contributed by atoms with Gasteiger partial charge in [-0.15, -0.1) is 6.58 Å². The minimum Gasteiger partial charge on any atom is -0.444 e. The summed E-state index contributed by atoms with van der Waals surface area (Å²) in [5.41, 5.74) is 9.17. The lowest BCUT2D eigenvalue weighted by Gasteiger charge is -2.16. The molecule has 4 nitrogen and oxygen atoms in total. The molecule has 0 aliphatic carbocycles. The van der Waals surface area contributed by atoms with Gasteiger partial charge in [-0.25, -0.2) is 4.79 Å². The molecule has 0 aromatic carbocycles. The highest BCUT2D eigenvalue weighted by Gasteiger charge is 2.12. The summed E-state index contributed by atoms with van der Waals surface area (Å²) in [6.45, 7) is 9.22. The Kier molecular flexibility index (Phi) is 7.53. The van der Waals surface area contributed by atoms with Gasteiger partial charge in [-0.1, -0.05) is 6.08 Å². The highest BCUT2D eigenvalue weighted by molar-refractivity contribution is 5.65. The van der Waals surface area contributed by atoms with Crippen LogP contribution in [0.2, 0.25) is 0 Å². The Morgan fingerprint density at radius 3 is 1.92 bits per heavy atom. The van der Waals surface area contributed by atoms with Crippen LogP contribution < -0.4 is 11.5 Å². The fraction of sp³-hybridized carbons (Fsp3) is 0.625. The van der Waals surface area contributed by atoms with E-state index in [1.54, 1.807) is 26.8 Å². The molecule has 0 bridgehead atoms. The summed E-state index contributed by atoms with van der Waals surface area (Å²) in [5.74, 6) is 0. The van der Waals surface area contributed by atoms with Crippen LogP contribution in [0.15, 0.2) is 12.7 Å². The van der Waals surface area contributed by atoms with Crippen LogP contribution in [0.4, 0.5) is 4.79 Å². The molecule has 0 saturated heterocycles. The molecule has 0 spiro atoms. The maximum atomic E-state index is 10.0. The zero-order valence-corrected chi connectivity index (χ0v) is 7.96. The van der Waals surface area contributed by atoms with E-state index in [1.165, 1.54) is 0 Å². The average Bonchev–Trinajstić information content (AvgIpc) is 1.83. The largest absolute Gasteiger partial charge is 0.444 e. The van der Waals surface area contributed by atoms with Gasteiger partial charge in [0.15, 0.2) is 0 Å². The van der Waals surface area contributed by atoms with E-state index in [9.17, 15) is 4.79 Å². The van der Waals surface area contributed by atoms with Crippen molar-refractivity contribution in [3.8, 4) is 0 Å². The van der Waals surface area contributed by atoms with Crippen LogP contribution in [0, 0.1) is 0 Å². The second kappa shape index (κ2) is 6.67. The van der Waals surface area contributed by atoms with E-state index in [2.05, 4.69) is 11.3 Å². The molecule has 0 radical (unpaired) electrons. The van der Waals surface area contributed by atoms with E-state index in [1.807, 2.05) is 0 Å². The fourth-order valence-corrected chi connectivity index (χ4v) is 0.302. The summed E-state index contributed by atoms with van der Waals surface area (Å²) in [7, 11) is 0. The van der Waals surface area contributed by atoms with Gasteiger partial charge in [0.25, 0.3) is 0 Å². The number of hydrogen-bond donors (Lipinski definition) is 2. The Labute approximate surface area is 73.6 Å². The van der Waals surface area contributed by atoms with Crippen molar-refractivity contribution in [2.24, 2.45) is 11.5 Å². The van der Waals surface area contributed by atoms with Crippen LogP contribution in [-0.4, -0.2) is 18.2 Å². The van der Waals surface area contributed by atoms with E-state index in [0.717, 1.165) is 0 Å². The van der Waals surface area contributed by atoms with Crippen molar-refractivity contribution in [3.05, 3.63) is 12.7 Å². The van der Waals surface area contributed by atoms with Crippen LogP contribution in [-0.2, 0) is 4.74 Å². The molecule has 0 rings (SSSR count). The summed E-state index contributed by atoms with van der Waals surface area (Å²) in [6.07, 6.45) is 0.928. The van der Waals surface area contributed by atoms with E-state index in [-0.39, 0.29) is 0 Å². The quantitative estimate of drug-likeness (QED) is 0.582. The summed E-state index contributed by atoms with van der Waals surface area (Å²) < 4.78 is 4.58. The SMILES string of the molecule is C=CCN.CC(C)(C)OC(N)=O. The Morgan fingerprint density at radius 2 is 1.92 bits per heavy atom. The normalized spacial score (nSPS) is 9.33. The lowest BCUT2D eigenvalue weighted by atomic mass is 10.2. The van der Waals surface area contributed by atoms with Gasteiger partial charge in [0, 0.05) is 6.54 Å². The third kappa shape index (κ3) is 23.1. The maximum absolute atomic E-state index is 10.0. The predicted molar refractivity (Wildman–Crippen MR) is 49.7 cm³/mol. The predicted octanol–water partition coefficient (Wildman–Crippen LogP) is 1.01. The van der Waals surface area contributed by atoms with E-state index in [4.69, 9.17) is 11.5 Å². The molecule has 0 aromatic rings. The molecule has 0 unspecified atom stereocenters. The van der Waals surface area contributed by atoms with Gasteiger partial charge in [-0.2, -0.15) is 0 Å². The summed E-state index contributed by atoms with van der Waals surface area (Å²) in [4.78, 5) is 10.0. The summed E-state index contributed by atoms with van der Waals surface area (Å²) in [6, 6.07) is 0. The van der Waals surface area contributed by atoms with Gasteiger partial charge in [-0.3, -0.25) is 0 Å². The number of hydrogen-bond acceptors (Lipinski definition) is 3. The number of primary amides is 1. The molecule has 0 atom stereocenters. The molecule has 0 fully saturated rings. The number of amides is 1. The van der Waals surface area contributed by atoms with Crippen LogP contribution in [0.1, 0.15) is 20.8 Å². The monoisotopic (exact) mass is 174 g/mol. The zero-order valence-electron chi connectivity index (χ0n) is 7.96. The molecule has 4 heteroatoms.